The summed E-state index contributed by atoms with van der Waals surface area (Å²) in [6.07, 6.45) is 2.40. The predicted octanol–water partition coefficient (Wildman–Crippen LogP) is 3.02. The van der Waals surface area contributed by atoms with Gasteiger partial charge in [-0.15, -0.1) is 12.4 Å². The molecule has 1 unspecified atom stereocenters. The number of anilines is 1. The molecule has 1 atom stereocenters. The Morgan fingerprint density at radius 3 is 2.48 bits per heavy atom. The van der Waals surface area contributed by atoms with E-state index in [1.165, 1.54) is 12.8 Å². The van der Waals surface area contributed by atoms with Crippen LogP contribution in [0.25, 0.3) is 0 Å². The second-order valence-electron chi connectivity index (χ2n) is 5.20. The second-order valence-corrected chi connectivity index (χ2v) is 6.01. The van der Waals surface area contributed by atoms with Crippen LogP contribution in [-0.4, -0.2) is 37.0 Å². The maximum atomic E-state index is 12.1. The number of nitrogens with two attached hydrogens (primary N) is 1. The molecule has 4 nitrogen and oxygen atoms in total. The van der Waals surface area contributed by atoms with Crippen LogP contribution in [0, 0.1) is 5.92 Å². The number of benzene rings is 1. The van der Waals surface area contributed by atoms with Crippen molar-refractivity contribution in [3.05, 3.63) is 28.2 Å². The van der Waals surface area contributed by atoms with Crippen molar-refractivity contribution in [2.24, 2.45) is 11.7 Å². The van der Waals surface area contributed by atoms with Gasteiger partial charge in [0.1, 0.15) is 0 Å². The van der Waals surface area contributed by atoms with Crippen molar-refractivity contribution in [2.75, 3.05) is 25.5 Å². The van der Waals surface area contributed by atoms with Gasteiger partial charge in [-0.1, -0.05) is 29.3 Å². The Hall–Kier alpha value is -0.520. The molecule has 21 heavy (non-hydrogen) atoms. The van der Waals surface area contributed by atoms with Gasteiger partial charge in [0.2, 0.25) is 5.91 Å². The molecule has 2 rings (SSSR count). The number of hydrogen-bond acceptors (Lipinski definition) is 3. The first kappa shape index (κ1) is 18.5. The SMILES string of the molecule is CN(CC(=O)Nc1c(Cl)cccc1Cl)C(CN)C1CC1.Cl. The standard InChI is InChI=1S/C14H19Cl2N3O.ClH/c1-19(12(7-17)9-5-6-9)8-13(20)18-14-10(15)3-2-4-11(14)16;/h2-4,9,12H,5-8,17H2,1H3,(H,18,20);1H. The third-order valence-electron chi connectivity index (χ3n) is 3.59. The topological polar surface area (TPSA) is 58.4 Å². The van der Waals surface area contributed by atoms with E-state index in [0.717, 1.165) is 0 Å². The van der Waals surface area contributed by atoms with Crippen molar-refractivity contribution >= 4 is 47.2 Å². The summed E-state index contributed by atoms with van der Waals surface area (Å²) in [6.45, 7) is 0.848. The van der Waals surface area contributed by atoms with Gasteiger partial charge in [0.25, 0.3) is 0 Å². The number of amides is 1. The average Bonchev–Trinajstić information content (AvgIpc) is 3.19. The summed E-state index contributed by atoms with van der Waals surface area (Å²) in [5.41, 5.74) is 6.24. The molecular formula is C14H20Cl3N3O. The Labute approximate surface area is 141 Å². The minimum absolute atomic E-state index is 0. The van der Waals surface area contributed by atoms with E-state index in [-0.39, 0.29) is 30.9 Å². The summed E-state index contributed by atoms with van der Waals surface area (Å²) >= 11 is 12.1. The van der Waals surface area contributed by atoms with Gasteiger partial charge in [0.15, 0.2) is 0 Å². The lowest BCUT2D eigenvalue weighted by molar-refractivity contribution is -0.117. The monoisotopic (exact) mass is 351 g/mol. The maximum absolute atomic E-state index is 12.1. The number of nitrogens with zero attached hydrogens (tertiary/aromatic N) is 1. The first-order chi connectivity index (χ1) is 9.52. The smallest absolute Gasteiger partial charge is 0.238 e. The normalized spacial score (nSPS) is 15.5. The summed E-state index contributed by atoms with van der Waals surface area (Å²) in [4.78, 5) is 14.1. The summed E-state index contributed by atoms with van der Waals surface area (Å²) in [5, 5.41) is 3.63. The number of likely N-dealkylation sites (N-methyl/N-ethyl adjacent to an activating group) is 1. The van der Waals surface area contributed by atoms with E-state index in [1.54, 1.807) is 18.2 Å². The highest BCUT2D eigenvalue weighted by molar-refractivity contribution is 6.39. The Morgan fingerprint density at radius 1 is 1.43 bits per heavy atom. The highest BCUT2D eigenvalue weighted by Crippen LogP contribution is 2.34. The molecule has 0 heterocycles. The number of nitrogens with one attached hydrogen (secondary N) is 1. The lowest BCUT2D eigenvalue weighted by Crippen LogP contribution is -2.43. The number of carbonyl (C=O) groups is 1. The number of halogens is 3. The molecule has 1 aromatic rings. The number of carbonyl (C=O) groups excluding carboxylic acids is 1. The Bertz CT molecular complexity index is 474. The molecule has 1 fully saturated rings. The van der Waals surface area contributed by atoms with Gasteiger partial charge in [0.05, 0.1) is 22.3 Å². The van der Waals surface area contributed by atoms with E-state index in [9.17, 15) is 4.79 Å². The second kappa shape index (κ2) is 8.20. The van der Waals surface area contributed by atoms with Gasteiger partial charge in [0, 0.05) is 12.6 Å². The molecule has 1 amide bonds. The van der Waals surface area contributed by atoms with E-state index < -0.39 is 0 Å². The Balaban J connectivity index is 0.00000220. The van der Waals surface area contributed by atoms with Crippen molar-refractivity contribution in [1.82, 2.24) is 4.90 Å². The van der Waals surface area contributed by atoms with Crippen molar-refractivity contribution in [3.8, 4) is 0 Å². The Kier molecular flexibility index (Phi) is 7.24. The molecule has 1 aliphatic carbocycles. The maximum Gasteiger partial charge on any atom is 0.238 e. The zero-order chi connectivity index (χ0) is 14.7. The highest BCUT2D eigenvalue weighted by atomic mass is 35.5. The van der Waals surface area contributed by atoms with Gasteiger partial charge in [-0.3, -0.25) is 9.69 Å². The van der Waals surface area contributed by atoms with E-state index in [1.807, 2.05) is 11.9 Å². The zero-order valence-corrected chi connectivity index (χ0v) is 14.1. The van der Waals surface area contributed by atoms with Crippen LogP contribution in [0.5, 0.6) is 0 Å². The van der Waals surface area contributed by atoms with Crippen molar-refractivity contribution in [1.29, 1.82) is 0 Å². The van der Waals surface area contributed by atoms with Crippen molar-refractivity contribution in [2.45, 2.75) is 18.9 Å². The third-order valence-corrected chi connectivity index (χ3v) is 4.22. The number of para-hydroxylation sites is 1. The molecule has 118 valence electrons. The highest BCUT2D eigenvalue weighted by Gasteiger charge is 2.33. The molecule has 3 N–H and O–H groups in total. The minimum atomic E-state index is -0.137. The summed E-state index contributed by atoms with van der Waals surface area (Å²) < 4.78 is 0. The zero-order valence-electron chi connectivity index (χ0n) is 11.8. The minimum Gasteiger partial charge on any atom is -0.329 e. The van der Waals surface area contributed by atoms with Crippen molar-refractivity contribution in [3.63, 3.8) is 0 Å². The van der Waals surface area contributed by atoms with Crippen LogP contribution in [0.2, 0.25) is 10.0 Å². The molecule has 1 aromatic carbocycles. The van der Waals surface area contributed by atoms with Gasteiger partial charge in [-0.25, -0.2) is 0 Å². The average molecular weight is 353 g/mol. The molecule has 0 saturated heterocycles. The van der Waals surface area contributed by atoms with Crippen LogP contribution in [0.3, 0.4) is 0 Å². The molecule has 0 bridgehead atoms. The molecule has 1 aliphatic rings. The lowest BCUT2D eigenvalue weighted by atomic mass is 10.1. The molecule has 0 radical (unpaired) electrons. The first-order valence-corrected chi connectivity index (χ1v) is 7.42. The van der Waals surface area contributed by atoms with Crippen LogP contribution in [0.1, 0.15) is 12.8 Å². The van der Waals surface area contributed by atoms with Crippen LogP contribution in [-0.2, 0) is 4.79 Å². The first-order valence-electron chi connectivity index (χ1n) is 6.67. The fourth-order valence-corrected chi connectivity index (χ4v) is 2.85. The van der Waals surface area contributed by atoms with Gasteiger partial charge in [-0.05, 0) is 37.9 Å². The van der Waals surface area contributed by atoms with Crippen LogP contribution in [0.15, 0.2) is 18.2 Å². The van der Waals surface area contributed by atoms with Gasteiger partial charge >= 0.3 is 0 Å². The van der Waals surface area contributed by atoms with E-state index in [0.29, 0.717) is 28.2 Å². The predicted molar refractivity (Wildman–Crippen MR) is 90.5 cm³/mol. The van der Waals surface area contributed by atoms with Crippen molar-refractivity contribution < 1.29 is 4.79 Å². The van der Waals surface area contributed by atoms with Crippen LogP contribution < -0.4 is 11.1 Å². The molecule has 0 aliphatic heterocycles. The van der Waals surface area contributed by atoms with E-state index in [2.05, 4.69) is 5.32 Å². The third kappa shape index (κ3) is 5.01. The molecule has 0 aromatic heterocycles. The Morgan fingerprint density at radius 2 is 2.00 bits per heavy atom. The molecule has 0 spiro atoms. The fourth-order valence-electron chi connectivity index (χ4n) is 2.35. The van der Waals surface area contributed by atoms with Crippen LogP contribution >= 0.6 is 35.6 Å². The quantitative estimate of drug-likeness (QED) is 0.827. The van der Waals surface area contributed by atoms with Gasteiger partial charge < -0.3 is 11.1 Å². The molecule has 7 heteroatoms. The number of hydrogen-bond donors (Lipinski definition) is 2. The summed E-state index contributed by atoms with van der Waals surface area (Å²) in [5.74, 6) is 0.489. The fraction of sp³-hybridized carbons (Fsp3) is 0.500. The lowest BCUT2D eigenvalue weighted by Gasteiger charge is -2.26. The van der Waals surface area contributed by atoms with E-state index >= 15 is 0 Å². The summed E-state index contributed by atoms with van der Waals surface area (Å²) in [6, 6.07) is 5.39. The largest absolute Gasteiger partial charge is 0.329 e. The van der Waals surface area contributed by atoms with Crippen LogP contribution in [0.4, 0.5) is 5.69 Å². The molecule has 1 saturated carbocycles. The van der Waals surface area contributed by atoms with Gasteiger partial charge in [-0.2, -0.15) is 0 Å². The molecular weight excluding hydrogens is 333 g/mol. The number of rotatable bonds is 6. The summed E-state index contributed by atoms with van der Waals surface area (Å²) in [7, 11) is 1.92. The van der Waals surface area contributed by atoms with E-state index in [4.69, 9.17) is 28.9 Å².